The Morgan fingerprint density at radius 2 is 1.50 bits per heavy atom. The Morgan fingerprint density at radius 1 is 0.775 bits per heavy atom. The van der Waals surface area contributed by atoms with Gasteiger partial charge in [-0.2, -0.15) is 0 Å². The number of H-pyrrole nitrogens is 1. The van der Waals surface area contributed by atoms with E-state index in [1.54, 1.807) is 6.07 Å². The summed E-state index contributed by atoms with van der Waals surface area (Å²) in [5, 5.41) is 12.2. The van der Waals surface area contributed by atoms with Gasteiger partial charge >= 0.3 is 5.97 Å². The minimum Gasteiger partial charge on any atom is -0.477 e. The molecule has 0 atom stereocenters. The van der Waals surface area contributed by atoms with Crippen molar-refractivity contribution >= 4 is 38.8 Å². The predicted molar refractivity (Wildman–Crippen MR) is 161 cm³/mol. The fourth-order valence-corrected chi connectivity index (χ4v) is 5.67. The van der Waals surface area contributed by atoms with Crippen molar-refractivity contribution in [3.8, 4) is 33.8 Å². The smallest absolute Gasteiger partial charge is 0.354 e. The standard InChI is InChI=1S/C34H26N4O2/c1-20(2)38-30-17-9-14-25(28-18-22(19-29(35-28)34(39)40)21-10-4-3-5-11-21)32(30)37-33(38)26-15-8-13-24-23-12-6-7-16-27(23)36-31(24)26/h3-20,36H,1-2H3,(H,39,40). The van der Waals surface area contributed by atoms with Gasteiger partial charge in [0.2, 0.25) is 0 Å². The molecule has 0 amide bonds. The molecule has 0 aliphatic rings. The molecular weight excluding hydrogens is 496 g/mol. The number of nitrogens with one attached hydrogen (secondary N) is 1. The molecule has 0 radical (unpaired) electrons. The van der Waals surface area contributed by atoms with E-state index in [1.807, 2.05) is 54.6 Å². The molecule has 4 aromatic carbocycles. The third-order valence-corrected chi connectivity index (χ3v) is 7.45. The maximum Gasteiger partial charge on any atom is 0.354 e. The van der Waals surface area contributed by atoms with Crippen molar-refractivity contribution < 1.29 is 9.90 Å². The van der Waals surface area contributed by atoms with Crippen LogP contribution in [-0.2, 0) is 0 Å². The van der Waals surface area contributed by atoms with Crippen LogP contribution in [0.15, 0.2) is 103 Å². The zero-order chi connectivity index (χ0) is 27.4. The molecule has 0 saturated heterocycles. The van der Waals surface area contributed by atoms with Gasteiger partial charge < -0.3 is 14.7 Å². The van der Waals surface area contributed by atoms with Crippen LogP contribution in [0, 0.1) is 0 Å². The summed E-state index contributed by atoms with van der Waals surface area (Å²) in [7, 11) is 0. The number of fused-ring (bicyclic) bond motifs is 4. The van der Waals surface area contributed by atoms with Crippen LogP contribution in [0.3, 0.4) is 0 Å². The molecule has 7 rings (SSSR count). The molecule has 0 aliphatic carbocycles. The van der Waals surface area contributed by atoms with Gasteiger partial charge in [0, 0.05) is 33.5 Å². The lowest BCUT2D eigenvalue weighted by Gasteiger charge is -2.14. The van der Waals surface area contributed by atoms with Crippen LogP contribution in [0.25, 0.3) is 66.6 Å². The second-order valence-electron chi connectivity index (χ2n) is 10.3. The number of para-hydroxylation sites is 3. The van der Waals surface area contributed by atoms with E-state index < -0.39 is 5.97 Å². The van der Waals surface area contributed by atoms with Gasteiger partial charge in [-0.25, -0.2) is 14.8 Å². The highest BCUT2D eigenvalue weighted by Gasteiger charge is 2.22. The highest BCUT2D eigenvalue weighted by atomic mass is 16.4. The van der Waals surface area contributed by atoms with E-state index >= 15 is 0 Å². The quantitative estimate of drug-likeness (QED) is 0.238. The first-order valence-electron chi connectivity index (χ1n) is 13.3. The van der Waals surface area contributed by atoms with Gasteiger partial charge in [0.05, 0.1) is 22.2 Å². The molecule has 6 nitrogen and oxygen atoms in total. The Hall–Kier alpha value is -5.23. The largest absolute Gasteiger partial charge is 0.477 e. The SMILES string of the molecule is CC(C)n1c(-c2cccc3c2[nH]c2ccccc23)nc2c(-c3cc(-c4ccccc4)cc(C(=O)O)n3)cccc21. The van der Waals surface area contributed by atoms with Crippen molar-refractivity contribution in [3.63, 3.8) is 0 Å². The molecule has 0 bridgehead atoms. The van der Waals surface area contributed by atoms with Crippen LogP contribution >= 0.6 is 0 Å². The zero-order valence-electron chi connectivity index (χ0n) is 22.1. The second-order valence-corrected chi connectivity index (χ2v) is 10.3. The van der Waals surface area contributed by atoms with Crippen LogP contribution < -0.4 is 0 Å². The van der Waals surface area contributed by atoms with Crippen LogP contribution in [0.1, 0.15) is 30.4 Å². The molecule has 3 aromatic heterocycles. The molecule has 0 fully saturated rings. The highest BCUT2D eigenvalue weighted by Crippen LogP contribution is 2.38. The van der Waals surface area contributed by atoms with E-state index in [0.29, 0.717) is 5.69 Å². The third kappa shape index (κ3) is 3.76. The van der Waals surface area contributed by atoms with Gasteiger partial charge in [0.1, 0.15) is 11.5 Å². The summed E-state index contributed by atoms with van der Waals surface area (Å²) in [6, 6.07) is 34.1. The lowest BCUT2D eigenvalue weighted by atomic mass is 10.0. The number of nitrogens with zero attached hydrogens (tertiary/aromatic N) is 3. The predicted octanol–water partition coefficient (Wildman–Crippen LogP) is 8.35. The van der Waals surface area contributed by atoms with E-state index in [9.17, 15) is 9.90 Å². The van der Waals surface area contributed by atoms with Gasteiger partial charge in [0.25, 0.3) is 0 Å². The van der Waals surface area contributed by atoms with Crippen LogP contribution in [0.2, 0.25) is 0 Å². The molecule has 6 heteroatoms. The van der Waals surface area contributed by atoms with Crippen molar-refractivity contribution in [2.24, 2.45) is 0 Å². The van der Waals surface area contributed by atoms with Gasteiger partial charge in [-0.05, 0) is 55.3 Å². The van der Waals surface area contributed by atoms with E-state index in [2.05, 4.69) is 70.8 Å². The number of aromatic nitrogens is 4. The first-order chi connectivity index (χ1) is 19.5. The summed E-state index contributed by atoms with van der Waals surface area (Å²) in [6.45, 7) is 4.30. The van der Waals surface area contributed by atoms with E-state index in [-0.39, 0.29) is 11.7 Å². The van der Waals surface area contributed by atoms with E-state index in [1.165, 1.54) is 5.39 Å². The Morgan fingerprint density at radius 3 is 2.30 bits per heavy atom. The molecule has 2 N–H and O–H groups in total. The normalized spacial score (nSPS) is 11.7. The lowest BCUT2D eigenvalue weighted by molar-refractivity contribution is 0.0690. The molecule has 0 spiro atoms. The summed E-state index contributed by atoms with van der Waals surface area (Å²) in [6.07, 6.45) is 0. The first-order valence-corrected chi connectivity index (χ1v) is 13.3. The average molecular weight is 523 g/mol. The number of aromatic amines is 1. The lowest BCUT2D eigenvalue weighted by Crippen LogP contribution is -2.03. The van der Waals surface area contributed by atoms with Gasteiger partial charge in [-0.3, -0.25) is 0 Å². The monoisotopic (exact) mass is 522 g/mol. The average Bonchev–Trinajstić information content (AvgIpc) is 3.56. The minimum atomic E-state index is -1.06. The van der Waals surface area contributed by atoms with Crippen molar-refractivity contribution in [3.05, 3.63) is 109 Å². The fraction of sp³-hybridized carbons (Fsp3) is 0.0882. The van der Waals surface area contributed by atoms with Gasteiger partial charge in [-0.15, -0.1) is 0 Å². The molecule has 0 aliphatic heterocycles. The number of pyridine rings is 1. The Labute approximate surface area is 230 Å². The second kappa shape index (κ2) is 9.20. The van der Waals surface area contributed by atoms with Gasteiger partial charge in [-0.1, -0.05) is 72.8 Å². The first kappa shape index (κ1) is 23.9. The molecule has 7 aromatic rings. The van der Waals surface area contributed by atoms with Crippen molar-refractivity contribution in [2.75, 3.05) is 0 Å². The zero-order valence-corrected chi connectivity index (χ0v) is 22.1. The number of carboxylic acids is 1. The molecule has 0 saturated carbocycles. The summed E-state index contributed by atoms with van der Waals surface area (Å²) in [5.74, 6) is -0.211. The number of rotatable bonds is 5. The van der Waals surface area contributed by atoms with Gasteiger partial charge in [0.15, 0.2) is 0 Å². The number of hydrogen-bond donors (Lipinski definition) is 2. The van der Waals surface area contributed by atoms with E-state index in [0.717, 1.165) is 55.5 Å². The maximum atomic E-state index is 12.1. The van der Waals surface area contributed by atoms with Crippen LogP contribution in [0.5, 0.6) is 0 Å². The number of imidazole rings is 1. The summed E-state index contributed by atoms with van der Waals surface area (Å²) < 4.78 is 2.25. The van der Waals surface area contributed by atoms with Crippen molar-refractivity contribution in [1.82, 2.24) is 19.5 Å². The van der Waals surface area contributed by atoms with Crippen molar-refractivity contribution in [1.29, 1.82) is 0 Å². The maximum absolute atomic E-state index is 12.1. The third-order valence-electron chi connectivity index (χ3n) is 7.45. The summed E-state index contributed by atoms with van der Waals surface area (Å²) in [4.78, 5) is 25.5. The van der Waals surface area contributed by atoms with Crippen molar-refractivity contribution in [2.45, 2.75) is 19.9 Å². The highest BCUT2D eigenvalue weighted by molar-refractivity contribution is 6.12. The number of hydrogen-bond acceptors (Lipinski definition) is 3. The topological polar surface area (TPSA) is 83.8 Å². The Balaban J connectivity index is 1.50. The summed E-state index contributed by atoms with van der Waals surface area (Å²) in [5.41, 5.74) is 8.00. The molecular formula is C34H26N4O2. The number of aromatic carboxylic acids is 1. The minimum absolute atomic E-state index is 0.000264. The fourth-order valence-electron chi connectivity index (χ4n) is 5.67. The molecule has 40 heavy (non-hydrogen) atoms. The number of carboxylic acid groups (broad SMARTS) is 1. The Kier molecular flexibility index (Phi) is 5.49. The molecule has 3 heterocycles. The molecule has 0 unspecified atom stereocenters. The number of benzene rings is 4. The van der Waals surface area contributed by atoms with Crippen LogP contribution in [-0.4, -0.2) is 30.6 Å². The number of carbonyl (C=O) groups is 1. The van der Waals surface area contributed by atoms with E-state index in [4.69, 9.17) is 4.98 Å². The summed E-state index contributed by atoms with van der Waals surface area (Å²) >= 11 is 0. The molecule has 194 valence electrons. The Bertz CT molecular complexity index is 2070. The van der Waals surface area contributed by atoms with Crippen LogP contribution in [0.4, 0.5) is 0 Å².